The third kappa shape index (κ3) is 3.66. The number of hydrogen-bond donors (Lipinski definition) is 3. The average molecular weight is 265 g/mol. The predicted molar refractivity (Wildman–Crippen MR) is 68.8 cm³/mol. The maximum absolute atomic E-state index is 11.2. The highest BCUT2D eigenvalue weighted by atomic mass is 35.5. The first-order valence-corrected chi connectivity index (χ1v) is 5.34. The van der Waals surface area contributed by atoms with E-state index in [4.69, 9.17) is 11.1 Å². The van der Waals surface area contributed by atoms with Gasteiger partial charge < -0.3 is 15.7 Å². The fourth-order valence-corrected chi connectivity index (χ4v) is 2.16. The molecule has 6 nitrogen and oxygen atoms in total. The molecule has 1 amide bonds. The summed E-state index contributed by atoms with van der Waals surface area (Å²) in [5.41, 5.74) is 4.96. The zero-order chi connectivity index (χ0) is 12.5. The lowest BCUT2D eigenvalue weighted by Gasteiger charge is -2.37. The highest BCUT2D eigenvalue weighted by Crippen LogP contribution is 2.23. The summed E-state index contributed by atoms with van der Waals surface area (Å²) in [6.45, 7) is 6.78. The van der Waals surface area contributed by atoms with Gasteiger partial charge in [0, 0.05) is 18.6 Å². The minimum atomic E-state index is -0.914. The number of nitrogens with zero attached hydrogens (tertiary/aromatic N) is 2. The van der Waals surface area contributed by atoms with Crippen LogP contribution in [0.5, 0.6) is 0 Å². The van der Waals surface area contributed by atoms with Crippen LogP contribution in [0.3, 0.4) is 0 Å². The number of likely N-dealkylation sites (tertiary alicyclic amines) is 1. The zero-order valence-corrected chi connectivity index (χ0v) is 11.3. The Bertz CT molecular complexity index is 303. The first-order valence-electron chi connectivity index (χ1n) is 5.34. The molecule has 1 aliphatic heterocycles. The highest BCUT2D eigenvalue weighted by molar-refractivity contribution is 5.85. The second-order valence-electron chi connectivity index (χ2n) is 5.10. The Morgan fingerprint density at radius 1 is 1.53 bits per heavy atom. The molecule has 0 aromatic heterocycles. The van der Waals surface area contributed by atoms with E-state index in [0.717, 1.165) is 6.42 Å². The lowest BCUT2D eigenvalue weighted by molar-refractivity contribution is 0.0739. The van der Waals surface area contributed by atoms with Gasteiger partial charge in [0.25, 0.3) is 0 Å². The Morgan fingerprint density at radius 3 is 2.35 bits per heavy atom. The molecule has 0 saturated carbocycles. The number of guanidine groups is 1. The van der Waals surface area contributed by atoms with Crippen LogP contribution < -0.4 is 5.73 Å². The molecule has 1 fully saturated rings. The average Bonchev–Trinajstić information content (AvgIpc) is 2.49. The molecule has 1 aliphatic rings. The van der Waals surface area contributed by atoms with E-state index in [9.17, 15) is 9.90 Å². The van der Waals surface area contributed by atoms with Gasteiger partial charge in [-0.1, -0.05) is 0 Å². The molecule has 1 atom stereocenters. The van der Waals surface area contributed by atoms with Crippen LogP contribution in [-0.4, -0.2) is 51.6 Å². The normalized spacial score (nSPS) is 19.7. The molecule has 7 heteroatoms. The van der Waals surface area contributed by atoms with Crippen molar-refractivity contribution in [2.45, 2.75) is 38.8 Å². The molecule has 0 radical (unpaired) electrons. The summed E-state index contributed by atoms with van der Waals surface area (Å²) in [4.78, 5) is 14.4. The molecular formula is C10H21ClN4O2. The van der Waals surface area contributed by atoms with E-state index in [1.165, 1.54) is 4.90 Å². The van der Waals surface area contributed by atoms with Gasteiger partial charge in [0.1, 0.15) is 0 Å². The first-order chi connectivity index (χ1) is 7.23. The standard InChI is InChI=1S/C10H20N4O2.ClH/c1-10(2,3)14(9(15)16)7-4-5-13(6-7)8(11)12;/h7H,4-6H2,1-3H3,(H3,11,12)(H,15,16);1H/t7-;/m1./s1. The third-order valence-corrected chi connectivity index (χ3v) is 2.80. The number of carbonyl (C=O) groups is 1. The third-order valence-electron chi connectivity index (χ3n) is 2.80. The molecule has 0 aromatic rings. The summed E-state index contributed by atoms with van der Waals surface area (Å²) < 4.78 is 0. The molecule has 0 unspecified atom stereocenters. The lowest BCUT2D eigenvalue weighted by Crippen LogP contribution is -2.52. The van der Waals surface area contributed by atoms with Crippen LogP contribution in [0.25, 0.3) is 0 Å². The molecule has 0 spiro atoms. The van der Waals surface area contributed by atoms with Gasteiger partial charge in [-0.15, -0.1) is 12.4 Å². The van der Waals surface area contributed by atoms with Gasteiger partial charge in [0.15, 0.2) is 5.96 Å². The van der Waals surface area contributed by atoms with E-state index in [1.807, 2.05) is 20.8 Å². The topological polar surface area (TPSA) is 93.7 Å². The van der Waals surface area contributed by atoms with Crippen molar-refractivity contribution in [1.29, 1.82) is 5.41 Å². The van der Waals surface area contributed by atoms with E-state index in [0.29, 0.717) is 13.1 Å². The molecule has 0 aromatic carbocycles. The second-order valence-corrected chi connectivity index (χ2v) is 5.10. The van der Waals surface area contributed by atoms with E-state index >= 15 is 0 Å². The van der Waals surface area contributed by atoms with Crippen LogP contribution in [0.4, 0.5) is 4.79 Å². The molecule has 1 heterocycles. The van der Waals surface area contributed by atoms with Gasteiger partial charge in [0.05, 0.1) is 6.04 Å². The van der Waals surface area contributed by atoms with Crippen molar-refractivity contribution in [1.82, 2.24) is 9.80 Å². The van der Waals surface area contributed by atoms with Crippen molar-refractivity contribution in [3.63, 3.8) is 0 Å². The Kier molecular flexibility index (Phi) is 5.07. The van der Waals surface area contributed by atoms with Crippen LogP contribution in [0.1, 0.15) is 27.2 Å². The van der Waals surface area contributed by atoms with Gasteiger partial charge in [-0.3, -0.25) is 10.3 Å². The van der Waals surface area contributed by atoms with Crippen LogP contribution in [-0.2, 0) is 0 Å². The summed E-state index contributed by atoms with van der Waals surface area (Å²) in [6, 6.07) is -0.0820. The zero-order valence-electron chi connectivity index (χ0n) is 10.4. The van der Waals surface area contributed by atoms with Crippen LogP contribution in [0.2, 0.25) is 0 Å². The fourth-order valence-electron chi connectivity index (χ4n) is 2.16. The quantitative estimate of drug-likeness (QED) is 0.489. The van der Waals surface area contributed by atoms with Gasteiger partial charge in [-0.25, -0.2) is 4.79 Å². The van der Waals surface area contributed by atoms with E-state index in [2.05, 4.69) is 0 Å². The Labute approximate surface area is 108 Å². The highest BCUT2D eigenvalue weighted by Gasteiger charge is 2.37. The summed E-state index contributed by atoms with van der Waals surface area (Å²) in [5, 5.41) is 16.5. The number of nitrogens with one attached hydrogen (secondary N) is 1. The van der Waals surface area contributed by atoms with Crippen LogP contribution in [0.15, 0.2) is 0 Å². The van der Waals surface area contributed by atoms with Gasteiger partial charge in [-0.05, 0) is 27.2 Å². The SMILES string of the molecule is CC(C)(C)N(C(=O)O)[C@@H]1CCN(C(=N)N)C1.Cl. The van der Waals surface area contributed by atoms with Crippen molar-refractivity contribution in [3.05, 3.63) is 0 Å². The van der Waals surface area contributed by atoms with Crippen molar-refractivity contribution in [3.8, 4) is 0 Å². The molecule has 1 saturated heterocycles. The predicted octanol–water partition coefficient (Wildman–Crippen LogP) is 1.15. The molecule has 0 aliphatic carbocycles. The number of hydrogen-bond acceptors (Lipinski definition) is 2. The Hall–Kier alpha value is -1.17. The maximum Gasteiger partial charge on any atom is 0.408 e. The number of rotatable bonds is 1. The molecular weight excluding hydrogens is 244 g/mol. The van der Waals surface area contributed by atoms with E-state index in [-0.39, 0.29) is 24.4 Å². The molecule has 17 heavy (non-hydrogen) atoms. The number of amides is 1. The first kappa shape index (κ1) is 15.8. The number of carboxylic acid groups (broad SMARTS) is 1. The minimum absolute atomic E-state index is 0. The summed E-state index contributed by atoms with van der Waals surface area (Å²) in [6.07, 6.45) is -0.189. The van der Waals surface area contributed by atoms with E-state index < -0.39 is 11.6 Å². The summed E-state index contributed by atoms with van der Waals surface area (Å²) >= 11 is 0. The fraction of sp³-hybridized carbons (Fsp3) is 0.800. The number of nitrogens with two attached hydrogens (primary N) is 1. The molecule has 0 bridgehead atoms. The van der Waals surface area contributed by atoms with Crippen molar-refractivity contribution < 1.29 is 9.90 Å². The Morgan fingerprint density at radius 2 is 2.06 bits per heavy atom. The lowest BCUT2D eigenvalue weighted by atomic mass is 10.0. The number of halogens is 1. The van der Waals surface area contributed by atoms with E-state index in [1.54, 1.807) is 4.90 Å². The summed E-state index contributed by atoms with van der Waals surface area (Å²) in [5.74, 6) is 0.0155. The smallest absolute Gasteiger partial charge is 0.408 e. The van der Waals surface area contributed by atoms with Crippen molar-refractivity contribution >= 4 is 24.5 Å². The Balaban J connectivity index is 0.00000256. The van der Waals surface area contributed by atoms with Crippen molar-refractivity contribution in [2.75, 3.05) is 13.1 Å². The van der Waals surface area contributed by atoms with Crippen LogP contribution in [0, 0.1) is 5.41 Å². The van der Waals surface area contributed by atoms with Gasteiger partial charge in [-0.2, -0.15) is 0 Å². The second kappa shape index (κ2) is 5.44. The largest absolute Gasteiger partial charge is 0.465 e. The van der Waals surface area contributed by atoms with Gasteiger partial charge >= 0.3 is 6.09 Å². The summed E-state index contributed by atoms with van der Waals surface area (Å²) in [7, 11) is 0. The maximum atomic E-state index is 11.2. The van der Waals surface area contributed by atoms with Crippen molar-refractivity contribution in [2.24, 2.45) is 5.73 Å². The van der Waals surface area contributed by atoms with Gasteiger partial charge in [0.2, 0.25) is 0 Å². The minimum Gasteiger partial charge on any atom is -0.465 e. The molecule has 100 valence electrons. The monoisotopic (exact) mass is 264 g/mol. The molecule has 4 N–H and O–H groups in total. The van der Waals surface area contributed by atoms with Crippen LogP contribution >= 0.6 is 12.4 Å². The molecule has 1 rings (SSSR count).